The summed E-state index contributed by atoms with van der Waals surface area (Å²) in [5.41, 5.74) is 1.29. The second-order valence-electron chi connectivity index (χ2n) is 7.02. The zero-order valence-electron chi connectivity index (χ0n) is 16.7. The second kappa shape index (κ2) is 9.88. The Morgan fingerprint density at radius 1 is 1.23 bits per heavy atom. The standard InChI is InChI=1S/C20H21F2N7O2/c1-2-13(20(31)27-9-17(21)22)28-14-5-12(7-24-15(14)6-23)16-8-26-18(10-25-16)29-19(30)11-3-4-11/h5,7-8,10-11,13,17,28H,2-4,9H2,1H3,(H,27,31)(H,26,29,30). The van der Waals surface area contributed by atoms with E-state index < -0.39 is 24.9 Å². The fourth-order valence-corrected chi connectivity index (χ4v) is 2.76. The maximum absolute atomic E-state index is 12.4. The van der Waals surface area contributed by atoms with Crippen molar-refractivity contribution in [2.45, 2.75) is 38.7 Å². The molecule has 11 heteroatoms. The highest BCUT2D eigenvalue weighted by atomic mass is 19.3. The van der Waals surface area contributed by atoms with Gasteiger partial charge in [0.05, 0.1) is 30.3 Å². The Kier molecular flexibility index (Phi) is 7.02. The van der Waals surface area contributed by atoms with Crippen molar-refractivity contribution in [1.29, 1.82) is 5.26 Å². The quantitative estimate of drug-likeness (QED) is 0.557. The predicted octanol–water partition coefficient (Wildman–Crippen LogP) is 2.33. The average Bonchev–Trinajstić information content (AvgIpc) is 3.61. The number of nitriles is 1. The molecule has 3 N–H and O–H groups in total. The Balaban J connectivity index is 1.75. The zero-order chi connectivity index (χ0) is 22.4. The van der Waals surface area contributed by atoms with Crippen LogP contribution in [0.15, 0.2) is 24.7 Å². The number of pyridine rings is 1. The first kappa shape index (κ1) is 22.0. The molecule has 0 radical (unpaired) electrons. The van der Waals surface area contributed by atoms with Crippen LogP contribution in [0.5, 0.6) is 0 Å². The van der Waals surface area contributed by atoms with Gasteiger partial charge in [-0.05, 0) is 25.3 Å². The Hall–Kier alpha value is -3.68. The number of halogens is 2. The van der Waals surface area contributed by atoms with Crippen LogP contribution in [0.3, 0.4) is 0 Å². The molecule has 1 unspecified atom stereocenters. The number of amides is 2. The summed E-state index contributed by atoms with van der Waals surface area (Å²) in [6.07, 6.45) is 3.73. The van der Waals surface area contributed by atoms with Crippen LogP contribution in [0.1, 0.15) is 31.9 Å². The highest BCUT2D eigenvalue weighted by Crippen LogP contribution is 2.30. The summed E-state index contributed by atoms with van der Waals surface area (Å²) >= 11 is 0. The van der Waals surface area contributed by atoms with Crippen molar-refractivity contribution in [3.63, 3.8) is 0 Å². The summed E-state index contributed by atoms with van der Waals surface area (Å²) < 4.78 is 24.7. The number of nitrogens with one attached hydrogen (secondary N) is 3. The lowest BCUT2D eigenvalue weighted by molar-refractivity contribution is -0.122. The molecule has 0 aliphatic heterocycles. The van der Waals surface area contributed by atoms with Crippen LogP contribution < -0.4 is 16.0 Å². The van der Waals surface area contributed by atoms with Gasteiger partial charge in [0, 0.05) is 17.7 Å². The zero-order valence-corrected chi connectivity index (χ0v) is 16.7. The molecule has 2 aromatic rings. The molecule has 1 atom stereocenters. The van der Waals surface area contributed by atoms with Gasteiger partial charge in [0.1, 0.15) is 12.1 Å². The number of hydrogen-bond donors (Lipinski definition) is 3. The first-order valence-electron chi connectivity index (χ1n) is 9.77. The molecule has 162 valence electrons. The van der Waals surface area contributed by atoms with Crippen LogP contribution in [-0.4, -0.2) is 45.8 Å². The van der Waals surface area contributed by atoms with Crippen molar-refractivity contribution in [3.8, 4) is 17.3 Å². The maximum atomic E-state index is 12.4. The first-order chi connectivity index (χ1) is 14.9. The fourth-order valence-electron chi connectivity index (χ4n) is 2.76. The van der Waals surface area contributed by atoms with Gasteiger partial charge in [0.25, 0.3) is 6.43 Å². The summed E-state index contributed by atoms with van der Waals surface area (Å²) in [6.45, 7) is 0.961. The van der Waals surface area contributed by atoms with Gasteiger partial charge in [0.2, 0.25) is 11.8 Å². The third-order valence-corrected chi connectivity index (χ3v) is 4.63. The van der Waals surface area contributed by atoms with Gasteiger partial charge in [-0.1, -0.05) is 6.92 Å². The molecule has 0 aromatic carbocycles. The molecular weight excluding hydrogens is 408 g/mol. The van der Waals surface area contributed by atoms with Gasteiger partial charge in [-0.3, -0.25) is 14.6 Å². The third-order valence-electron chi connectivity index (χ3n) is 4.63. The van der Waals surface area contributed by atoms with Crippen LogP contribution in [-0.2, 0) is 9.59 Å². The number of hydrogen-bond acceptors (Lipinski definition) is 7. The van der Waals surface area contributed by atoms with E-state index >= 15 is 0 Å². The van der Waals surface area contributed by atoms with Crippen LogP contribution in [0.25, 0.3) is 11.3 Å². The Bertz CT molecular complexity index is 988. The normalized spacial score (nSPS) is 13.9. The van der Waals surface area contributed by atoms with Gasteiger partial charge < -0.3 is 16.0 Å². The van der Waals surface area contributed by atoms with Crippen molar-refractivity contribution in [3.05, 3.63) is 30.4 Å². The van der Waals surface area contributed by atoms with Gasteiger partial charge in [-0.15, -0.1) is 0 Å². The topological polar surface area (TPSA) is 133 Å². The lowest BCUT2D eigenvalue weighted by Crippen LogP contribution is -2.41. The summed E-state index contributed by atoms with van der Waals surface area (Å²) in [7, 11) is 0. The SMILES string of the molecule is CCC(Nc1cc(-c2cnc(NC(=O)C3CC3)cn2)cnc1C#N)C(=O)NCC(F)F. The fraction of sp³-hybridized carbons (Fsp3) is 0.400. The summed E-state index contributed by atoms with van der Waals surface area (Å²) in [5, 5.41) is 17.1. The average molecular weight is 429 g/mol. The minimum Gasteiger partial charge on any atom is -0.371 e. The summed E-state index contributed by atoms with van der Waals surface area (Å²) in [5.74, 6) is -0.304. The smallest absolute Gasteiger partial charge is 0.255 e. The molecule has 2 amide bonds. The summed E-state index contributed by atoms with van der Waals surface area (Å²) in [4.78, 5) is 36.5. The highest BCUT2D eigenvalue weighted by molar-refractivity contribution is 5.93. The Labute approximate surface area is 177 Å². The molecule has 1 aliphatic rings. The van der Waals surface area contributed by atoms with Crippen LogP contribution in [0.4, 0.5) is 20.3 Å². The molecule has 0 bridgehead atoms. The number of carbonyl (C=O) groups excluding carboxylic acids is 2. The molecule has 0 spiro atoms. The van der Waals surface area contributed by atoms with E-state index in [0.717, 1.165) is 12.8 Å². The van der Waals surface area contributed by atoms with E-state index in [-0.39, 0.29) is 23.2 Å². The van der Waals surface area contributed by atoms with Crippen molar-refractivity contribution < 1.29 is 18.4 Å². The first-order valence-corrected chi connectivity index (χ1v) is 9.77. The minimum absolute atomic E-state index is 0.0437. The molecule has 9 nitrogen and oxygen atoms in total. The van der Waals surface area contributed by atoms with Crippen LogP contribution in [0.2, 0.25) is 0 Å². The second-order valence-corrected chi connectivity index (χ2v) is 7.02. The highest BCUT2D eigenvalue weighted by Gasteiger charge is 2.29. The third kappa shape index (κ3) is 5.91. The maximum Gasteiger partial charge on any atom is 0.255 e. The van der Waals surface area contributed by atoms with E-state index in [2.05, 4.69) is 30.9 Å². The molecule has 31 heavy (non-hydrogen) atoms. The van der Waals surface area contributed by atoms with Gasteiger partial charge in [-0.25, -0.2) is 18.7 Å². The van der Waals surface area contributed by atoms with Crippen molar-refractivity contribution in [2.24, 2.45) is 5.92 Å². The van der Waals surface area contributed by atoms with Crippen molar-refractivity contribution >= 4 is 23.3 Å². The molecule has 2 heterocycles. The molecule has 1 aliphatic carbocycles. The van der Waals surface area contributed by atoms with E-state index in [1.54, 1.807) is 13.0 Å². The number of anilines is 2. The minimum atomic E-state index is -2.66. The Morgan fingerprint density at radius 3 is 2.58 bits per heavy atom. The lowest BCUT2D eigenvalue weighted by atomic mass is 10.1. The molecule has 0 saturated heterocycles. The molecule has 2 aromatic heterocycles. The predicted molar refractivity (Wildman–Crippen MR) is 108 cm³/mol. The Morgan fingerprint density at radius 2 is 2.00 bits per heavy atom. The van der Waals surface area contributed by atoms with Crippen molar-refractivity contribution in [1.82, 2.24) is 20.3 Å². The van der Waals surface area contributed by atoms with E-state index in [1.165, 1.54) is 18.6 Å². The van der Waals surface area contributed by atoms with Gasteiger partial charge in [0.15, 0.2) is 11.5 Å². The number of carbonyl (C=O) groups is 2. The number of alkyl halides is 2. The molecular formula is C20H21F2N7O2. The number of aromatic nitrogens is 3. The van der Waals surface area contributed by atoms with Gasteiger partial charge >= 0.3 is 0 Å². The van der Waals surface area contributed by atoms with E-state index in [4.69, 9.17) is 0 Å². The number of rotatable bonds is 9. The van der Waals surface area contributed by atoms with E-state index in [9.17, 15) is 23.6 Å². The van der Waals surface area contributed by atoms with E-state index in [1.807, 2.05) is 6.07 Å². The van der Waals surface area contributed by atoms with Crippen LogP contribution in [0, 0.1) is 17.2 Å². The van der Waals surface area contributed by atoms with Gasteiger partial charge in [-0.2, -0.15) is 5.26 Å². The number of nitrogens with zero attached hydrogens (tertiary/aromatic N) is 4. The largest absolute Gasteiger partial charge is 0.371 e. The van der Waals surface area contributed by atoms with Crippen LogP contribution >= 0.6 is 0 Å². The molecule has 1 fully saturated rings. The molecule has 3 rings (SSSR count). The summed E-state index contributed by atoms with van der Waals surface area (Å²) in [6, 6.07) is 2.69. The molecule has 1 saturated carbocycles. The van der Waals surface area contributed by atoms with E-state index in [0.29, 0.717) is 23.5 Å². The lowest BCUT2D eigenvalue weighted by Gasteiger charge is -2.19. The monoisotopic (exact) mass is 429 g/mol. The van der Waals surface area contributed by atoms with Crippen molar-refractivity contribution in [2.75, 3.05) is 17.2 Å².